The topological polar surface area (TPSA) is 35.9 Å². The van der Waals surface area contributed by atoms with Crippen molar-refractivity contribution in [3.8, 4) is 0 Å². The van der Waals surface area contributed by atoms with Crippen molar-refractivity contribution in [3.63, 3.8) is 0 Å². The van der Waals surface area contributed by atoms with E-state index in [1.165, 1.54) is 6.21 Å². The molecular formula is C5H9IN2. The highest BCUT2D eigenvalue weighted by Gasteiger charge is 1.78. The quantitative estimate of drug-likeness (QED) is 0.324. The minimum atomic E-state index is 0.897. The van der Waals surface area contributed by atoms with Crippen LogP contribution in [0.2, 0.25) is 0 Å². The lowest BCUT2D eigenvalue weighted by molar-refractivity contribution is 0.980. The highest BCUT2D eigenvalue weighted by molar-refractivity contribution is 14.1. The van der Waals surface area contributed by atoms with E-state index in [4.69, 9.17) is 5.41 Å². The van der Waals surface area contributed by atoms with Crippen LogP contribution in [0.5, 0.6) is 0 Å². The van der Waals surface area contributed by atoms with Crippen molar-refractivity contribution in [1.29, 1.82) is 5.41 Å². The summed E-state index contributed by atoms with van der Waals surface area (Å²) in [6, 6.07) is 0. The second-order valence-electron chi connectivity index (χ2n) is 1.33. The van der Waals surface area contributed by atoms with E-state index in [0.717, 1.165) is 10.2 Å². The van der Waals surface area contributed by atoms with Crippen LogP contribution in [-0.2, 0) is 0 Å². The molecule has 0 aromatic heterocycles. The lowest BCUT2D eigenvalue weighted by Gasteiger charge is -1.96. The SMILES string of the molecule is C/C(=C\C=N)NCI. The minimum Gasteiger partial charge on any atom is -0.380 e. The molecule has 0 unspecified atom stereocenters. The lowest BCUT2D eigenvalue weighted by atomic mass is 10.4. The average molecular weight is 224 g/mol. The third-order valence-electron chi connectivity index (χ3n) is 0.679. The number of nitrogens with one attached hydrogen (secondary N) is 2. The molecule has 3 heteroatoms. The maximum absolute atomic E-state index is 6.67. The Hall–Kier alpha value is -0.0600. The molecule has 0 spiro atoms. The first kappa shape index (κ1) is 7.94. The van der Waals surface area contributed by atoms with Crippen LogP contribution in [0.3, 0.4) is 0 Å². The Balaban J connectivity index is 3.44. The molecule has 0 aliphatic rings. The Morgan fingerprint density at radius 2 is 2.50 bits per heavy atom. The van der Waals surface area contributed by atoms with E-state index < -0.39 is 0 Å². The molecule has 0 rings (SSSR count). The molecule has 0 aromatic rings. The third kappa shape index (κ3) is 4.11. The van der Waals surface area contributed by atoms with Gasteiger partial charge in [-0.2, -0.15) is 0 Å². The fraction of sp³-hybridized carbons (Fsp3) is 0.400. The lowest BCUT2D eigenvalue weighted by Crippen LogP contribution is -2.06. The molecule has 0 amide bonds. The molecule has 0 saturated heterocycles. The fourth-order valence-electron chi connectivity index (χ4n) is 0.289. The largest absolute Gasteiger partial charge is 0.380 e. The van der Waals surface area contributed by atoms with E-state index in [9.17, 15) is 0 Å². The van der Waals surface area contributed by atoms with Crippen LogP contribution in [0.4, 0.5) is 0 Å². The van der Waals surface area contributed by atoms with Crippen molar-refractivity contribution in [1.82, 2.24) is 5.32 Å². The first-order valence-electron chi connectivity index (χ1n) is 2.28. The zero-order chi connectivity index (χ0) is 6.41. The summed E-state index contributed by atoms with van der Waals surface area (Å²) in [5.41, 5.74) is 1.04. The molecule has 0 aromatic carbocycles. The summed E-state index contributed by atoms with van der Waals surface area (Å²) < 4.78 is 0.897. The van der Waals surface area contributed by atoms with E-state index in [2.05, 4.69) is 27.9 Å². The summed E-state index contributed by atoms with van der Waals surface area (Å²) in [4.78, 5) is 0. The van der Waals surface area contributed by atoms with Gasteiger partial charge >= 0.3 is 0 Å². The van der Waals surface area contributed by atoms with Crippen LogP contribution in [0.25, 0.3) is 0 Å². The smallest absolute Gasteiger partial charge is 0.0667 e. The van der Waals surface area contributed by atoms with Crippen LogP contribution in [-0.4, -0.2) is 10.8 Å². The Morgan fingerprint density at radius 1 is 1.88 bits per heavy atom. The average Bonchev–Trinajstić information content (AvgIpc) is 1.68. The highest BCUT2D eigenvalue weighted by atomic mass is 127. The van der Waals surface area contributed by atoms with Gasteiger partial charge in [0.1, 0.15) is 0 Å². The van der Waals surface area contributed by atoms with E-state index >= 15 is 0 Å². The van der Waals surface area contributed by atoms with Crippen molar-refractivity contribution in [3.05, 3.63) is 11.8 Å². The maximum atomic E-state index is 6.67. The van der Waals surface area contributed by atoms with E-state index in [1.54, 1.807) is 6.08 Å². The molecule has 0 radical (unpaired) electrons. The Labute approximate surface area is 63.0 Å². The van der Waals surface area contributed by atoms with Crippen LogP contribution < -0.4 is 5.32 Å². The monoisotopic (exact) mass is 224 g/mol. The van der Waals surface area contributed by atoms with Gasteiger partial charge in [-0.3, -0.25) is 0 Å². The van der Waals surface area contributed by atoms with E-state index in [0.29, 0.717) is 0 Å². The number of hydrogen-bond donors (Lipinski definition) is 2. The fourth-order valence-corrected chi connectivity index (χ4v) is 0.891. The molecule has 46 valence electrons. The van der Waals surface area contributed by atoms with Gasteiger partial charge in [0.2, 0.25) is 0 Å². The molecule has 0 bridgehead atoms. The van der Waals surface area contributed by atoms with E-state index in [-0.39, 0.29) is 0 Å². The van der Waals surface area contributed by atoms with Gasteiger partial charge < -0.3 is 10.7 Å². The van der Waals surface area contributed by atoms with Crippen LogP contribution in [0, 0.1) is 5.41 Å². The normalized spacial score (nSPS) is 11.0. The molecule has 0 heterocycles. The van der Waals surface area contributed by atoms with Gasteiger partial charge in [-0.15, -0.1) is 0 Å². The van der Waals surface area contributed by atoms with Crippen LogP contribution in [0.1, 0.15) is 6.92 Å². The maximum Gasteiger partial charge on any atom is 0.0667 e. The van der Waals surface area contributed by atoms with Crippen LogP contribution in [0.15, 0.2) is 11.8 Å². The minimum absolute atomic E-state index is 0.897. The number of allylic oxidation sites excluding steroid dienone is 2. The van der Waals surface area contributed by atoms with Gasteiger partial charge in [-0.25, -0.2) is 0 Å². The predicted octanol–water partition coefficient (Wildman–Crippen LogP) is 1.52. The second kappa shape index (κ2) is 5.08. The molecule has 0 atom stereocenters. The number of halogens is 1. The molecule has 2 N–H and O–H groups in total. The van der Waals surface area contributed by atoms with Gasteiger partial charge in [-0.05, 0) is 13.0 Å². The summed E-state index contributed by atoms with van der Waals surface area (Å²) in [5.74, 6) is 0. The standard InChI is InChI=1S/C5H9IN2/c1-5(2-3-7)8-4-6/h2-3,7-8H,4H2,1H3/b5-2+,7-3?. The molecule has 8 heavy (non-hydrogen) atoms. The Kier molecular flexibility index (Phi) is 5.05. The van der Waals surface area contributed by atoms with Crippen molar-refractivity contribution in [2.24, 2.45) is 0 Å². The number of rotatable bonds is 3. The Bertz CT molecular complexity index is 98.6. The zero-order valence-electron chi connectivity index (χ0n) is 4.74. The summed E-state index contributed by atoms with van der Waals surface area (Å²) in [6.07, 6.45) is 2.99. The summed E-state index contributed by atoms with van der Waals surface area (Å²) >= 11 is 2.22. The predicted molar refractivity (Wildman–Crippen MR) is 44.6 cm³/mol. The first-order chi connectivity index (χ1) is 3.81. The molecule has 0 saturated carbocycles. The van der Waals surface area contributed by atoms with Crippen molar-refractivity contribution < 1.29 is 0 Å². The summed E-state index contributed by atoms with van der Waals surface area (Å²) in [7, 11) is 0. The number of alkyl halides is 1. The number of hydrogen-bond acceptors (Lipinski definition) is 2. The first-order valence-corrected chi connectivity index (χ1v) is 3.81. The molecule has 2 nitrogen and oxygen atoms in total. The highest BCUT2D eigenvalue weighted by Crippen LogP contribution is 1.84. The molecule has 0 aliphatic heterocycles. The second-order valence-corrected chi connectivity index (χ2v) is 2.09. The molecule has 0 fully saturated rings. The van der Waals surface area contributed by atoms with Gasteiger partial charge in [0.15, 0.2) is 0 Å². The van der Waals surface area contributed by atoms with Gasteiger partial charge in [0, 0.05) is 11.9 Å². The molecule has 0 aliphatic carbocycles. The van der Waals surface area contributed by atoms with Crippen LogP contribution >= 0.6 is 22.6 Å². The molecular weight excluding hydrogens is 215 g/mol. The van der Waals surface area contributed by atoms with Gasteiger partial charge in [-0.1, -0.05) is 22.6 Å². The zero-order valence-corrected chi connectivity index (χ0v) is 6.90. The van der Waals surface area contributed by atoms with Crippen molar-refractivity contribution in [2.45, 2.75) is 6.92 Å². The summed E-state index contributed by atoms with van der Waals surface area (Å²) in [6.45, 7) is 1.93. The van der Waals surface area contributed by atoms with E-state index in [1.807, 2.05) is 6.92 Å². The van der Waals surface area contributed by atoms with Gasteiger partial charge in [0.25, 0.3) is 0 Å². The summed E-state index contributed by atoms with van der Waals surface area (Å²) in [5, 5.41) is 9.71. The van der Waals surface area contributed by atoms with Crippen molar-refractivity contribution in [2.75, 3.05) is 4.55 Å². The van der Waals surface area contributed by atoms with Gasteiger partial charge in [0.05, 0.1) is 4.55 Å². The Morgan fingerprint density at radius 3 is 2.88 bits per heavy atom. The third-order valence-corrected chi connectivity index (χ3v) is 1.06. The van der Waals surface area contributed by atoms with Crippen molar-refractivity contribution >= 4 is 28.8 Å².